The van der Waals surface area contributed by atoms with Crippen molar-refractivity contribution in [2.75, 3.05) is 30.7 Å². The van der Waals surface area contributed by atoms with E-state index in [0.29, 0.717) is 32.5 Å². The summed E-state index contributed by atoms with van der Waals surface area (Å²) in [7, 11) is 0. The van der Waals surface area contributed by atoms with Gasteiger partial charge in [0.1, 0.15) is 11.6 Å². The summed E-state index contributed by atoms with van der Waals surface area (Å²) >= 11 is 12.2. The van der Waals surface area contributed by atoms with Gasteiger partial charge in [-0.05, 0) is 63.8 Å². The topological polar surface area (TPSA) is 134 Å². The van der Waals surface area contributed by atoms with Crippen molar-refractivity contribution in [3.05, 3.63) is 57.6 Å². The molecule has 2 aliphatic heterocycles. The molecule has 2 aromatic rings. The maximum absolute atomic E-state index is 13.6. The molecular weight excluding hydrogens is 569 g/mol. The third-order valence-corrected chi connectivity index (χ3v) is 7.76. The maximum atomic E-state index is 13.6. The molecule has 0 aromatic heterocycles. The van der Waals surface area contributed by atoms with Crippen LogP contribution in [0.15, 0.2) is 36.4 Å². The number of anilines is 2. The standard InChI is InChI=1S/C29H35Cl2N5O5/c1-29(2,3)41-28(40)34-23(16-24(37)18-14-20(30)25(32)21(31)15-18)26(38)35-11-9-19(10-12-35)36-13-8-17-6-4-5-7-22(17)33-27(36)39/h4-7,14-15,19,23H,8-13,16,32H2,1-3H3,(H,33,39)(H,34,40). The Morgan fingerprint density at radius 2 is 1.73 bits per heavy atom. The van der Waals surface area contributed by atoms with Crippen LogP contribution in [0.1, 0.15) is 56.0 Å². The van der Waals surface area contributed by atoms with Gasteiger partial charge in [-0.1, -0.05) is 41.4 Å². The minimum atomic E-state index is -1.18. The molecule has 0 aliphatic carbocycles. The molecule has 1 saturated heterocycles. The highest BCUT2D eigenvalue weighted by Gasteiger charge is 2.35. The summed E-state index contributed by atoms with van der Waals surface area (Å²) in [4.78, 5) is 55.8. The van der Waals surface area contributed by atoms with Crippen LogP contribution in [0, 0.1) is 0 Å². The molecule has 4 amide bonds. The van der Waals surface area contributed by atoms with Crippen LogP contribution in [-0.4, -0.2) is 70.9 Å². The van der Waals surface area contributed by atoms with Gasteiger partial charge in [0.05, 0.1) is 15.7 Å². The number of ketones is 1. The summed E-state index contributed by atoms with van der Waals surface area (Å²) in [5, 5.41) is 5.80. The smallest absolute Gasteiger partial charge is 0.408 e. The van der Waals surface area contributed by atoms with Gasteiger partial charge in [-0.25, -0.2) is 9.59 Å². The van der Waals surface area contributed by atoms with E-state index in [4.69, 9.17) is 33.7 Å². The van der Waals surface area contributed by atoms with Gasteiger partial charge in [0.25, 0.3) is 0 Å². The van der Waals surface area contributed by atoms with Crippen LogP contribution in [0.3, 0.4) is 0 Å². The van der Waals surface area contributed by atoms with Gasteiger partial charge < -0.3 is 30.9 Å². The molecule has 4 N–H and O–H groups in total. The lowest BCUT2D eigenvalue weighted by Gasteiger charge is -2.39. The Hall–Kier alpha value is -3.50. The Morgan fingerprint density at radius 1 is 1.10 bits per heavy atom. The summed E-state index contributed by atoms with van der Waals surface area (Å²) < 4.78 is 5.35. The van der Waals surface area contributed by atoms with E-state index < -0.39 is 29.4 Å². The van der Waals surface area contributed by atoms with Gasteiger partial charge in [0.15, 0.2) is 5.78 Å². The molecule has 2 heterocycles. The summed E-state index contributed by atoms with van der Waals surface area (Å²) in [6.07, 6.45) is 0.712. The number of halogens is 2. The fourth-order valence-electron chi connectivity index (χ4n) is 5.05. The van der Waals surface area contributed by atoms with Gasteiger partial charge in [-0.15, -0.1) is 0 Å². The van der Waals surface area contributed by atoms with Crippen molar-refractivity contribution >= 4 is 58.4 Å². The lowest BCUT2D eigenvalue weighted by atomic mass is 9.99. The zero-order valence-corrected chi connectivity index (χ0v) is 24.8. The van der Waals surface area contributed by atoms with Crippen LogP contribution < -0.4 is 16.4 Å². The van der Waals surface area contributed by atoms with Gasteiger partial charge in [0.2, 0.25) is 5.91 Å². The monoisotopic (exact) mass is 603 g/mol. The minimum absolute atomic E-state index is 0.0497. The van der Waals surface area contributed by atoms with Crippen molar-refractivity contribution in [1.82, 2.24) is 15.1 Å². The zero-order valence-electron chi connectivity index (χ0n) is 23.3. The van der Waals surface area contributed by atoms with E-state index >= 15 is 0 Å². The number of amides is 4. The van der Waals surface area contributed by atoms with Gasteiger partial charge in [0, 0.05) is 43.3 Å². The number of ether oxygens (including phenoxy) is 1. The zero-order chi connectivity index (χ0) is 29.9. The number of para-hydroxylation sites is 1. The van der Waals surface area contributed by atoms with Crippen molar-refractivity contribution in [2.24, 2.45) is 0 Å². The molecule has 2 aliphatic rings. The first kappa shape index (κ1) is 30.5. The second kappa shape index (κ2) is 12.6. The first-order valence-corrected chi connectivity index (χ1v) is 14.3. The number of piperidine rings is 1. The number of benzene rings is 2. The number of hydrogen-bond donors (Lipinski definition) is 3. The summed E-state index contributed by atoms with van der Waals surface area (Å²) in [5.74, 6) is -0.859. The molecule has 220 valence electrons. The molecule has 1 unspecified atom stereocenters. The highest BCUT2D eigenvalue weighted by molar-refractivity contribution is 6.39. The first-order valence-electron chi connectivity index (χ1n) is 13.5. The summed E-state index contributed by atoms with van der Waals surface area (Å²) in [5.41, 5.74) is 7.21. The van der Waals surface area contributed by atoms with Gasteiger partial charge in [-0.2, -0.15) is 0 Å². The number of likely N-dealkylation sites (tertiary alicyclic amines) is 1. The normalized spacial score (nSPS) is 16.8. The molecule has 2 aromatic carbocycles. The lowest BCUT2D eigenvalue weighted by molar-refractivity contribution is -0.134. The van der Waals surface area contributed by atoms with Crippen LogP contribution >= 0.6 is 23.2 Å². The highest BCUT2D eigenvalue weighted by atomic mass is 35.5. The van der Waals surface area contributed by atoms with E-state index in [-0.39, 0.29) is 39.8 Å². The number of carbonyl (C=O) groups excluding carboxylic acids is 4. The highest BCUT2D eigenvalue weighted by Crippen LogP contribution is 2.30. The molecule has 12 heteroatoms. The molecule has 10 nitrogen and oxygen atoms in total. The minimum Gasteiger partial charge on any atom is -0.444 e. The number of alkyl carbamates (subject to hydrolysis) is 1. The van der Waals surface area contributed by atoms with E-state index in [1.807, 2.05) is 29.2 Å². The number of hydrogen-bond acceptors (Lipinski definition) is 6. The Bertz CT molecular complexity index is 1310. The molecule has 41 heavy (non-hydrogen) atoms. The molecule has 1 atom stereocenters. The molecule has 1 fully saturated rings. The molecule has 0 bridgehead atoms. The molecule has 0 radical (unpaired) electrons. The molecule has 0 spiro atoms. The third kappa shape index (κ3) is 7.62. The Morgan fingerprint density at radius 3 is 2.37 bits per heavy atom. The number of Topliss-reactive ketones (excluding diaryl/α,β-unsaturated/α-hetero) is 1. The predicted octanol–water partition coefficient (Wildman–Crippen LogP) is 5.12. The van der Waals surface area contributed by atoms with Crippen molar-refractivity contribution in [3.63, 3.8) is 0 Å². The fourth-order valence-corrected chi connectivity index (χ4v) is 5.54. The number of nitrogens with two attached hydrogens (primary N) is 1. The average Bonchev–Trinajstić information content (AvgIpc) is 3.07. The van der Waals surface area contributed by atoms with Crippen molar-refractivity contribution in [1.29, 1.82) is 0 Å². The third-order valence-electron chi connectivity index (χ3n) is 7.14. The van der Waals surface area contributed by atoms with Gasteiger partial charge in [-0.3, -0.25) is 9.59 Å². The van der Waals surface area contributed by atoms with Crippen molar-refractivity contribution in [3.8, 4) is 0 Å². The van der Waals surface area contributed by atoms with Gasteiger partial charge >= 0.3 is 12.1 Å². The summed E-state index contributed by atoms with van der Waals surface area (Å²) in [6, 6.07) is 9.12. The van der Waals surface area contributed by atoms with Crippen molar-refractivity contribution < 1.29 is 23.9 Å². The Labute approximate surface area is 249 Å². The fraction of sp³-hybridized carbons (Fsp3) is 0.448. The molecule has 0 saturated carbocycles. The number of nitrogens with zero attached hydrogens (tertiary/aromatic N) is 2. The number of rotatable bonds is 6. The number of nitrogens with one attached hydrogen (secondary N) is 2. The quantitative estimate of drug-likeness (QED) is 0.310. The van der Waals surface area contributed by atoms with Crippen LogP contribution in [0.4, 0.5) is 21.0 Å². The number of fused-ring (bicyclic) bond motifs is 1. The van der Waals surface area contributed by atoms with Crippen LogP contribution in [0.25, 0.3) is 0 Å². The maximum Gasteiger partial charge on any atom is 0.408 e. The first-order chi connectivity index (χ1) is 19.3. The predicted molar refractivity (Wildman–Crippen MR) is 158 cm³/mol. The number of urea groups is 1. The summed E-state index contributed by atoms with van der Waals surface area (Å²) in [6.45, 7) is 6.41. The SMILES string of the molecule is CC(C)(C)OC(=O)NC(CC(=O)c1cc(Cl)c(N)c(Cl)c1)C(=O)N1CCC(N2CCc3ccccc3NC2=O)CC1. The molecular formula is C29H35Cl2N5O5. The van der Waals surface area contributed by atoms with E-state index in [1.54, 1.807) is 25.7 Å². The largest absolute Gasteiger partial charge is 0.444 e. The number of nitrogen functional groups attached to an aromatic ring is 1. The second-order valence-electron chi connectivity index (χ2n) is 11.3. The van der Waals surface area contributed by atoms with Crippen LogP contribution in [0.2, 0.25) is 10.0 Å². The van der Waals surface area contributed by atoms with E-state index in [0.717, 1.165) is 17.7 Å². The van der Waals surface area contributed by atoms with Crippen molar-refractivity contribution in [2.45, 2.75) is 64.1 Å². The number of carbonyl (C=O) groups is 4. The Balaban J connectivity index is 1.44. The van der Waals surface area contributed by atoms with E-state index in [2.05, 4.69) is 10.6 Å². The van der Waals surface area contributed by atoms with Crippen LogP contribution in [0.5, 0.6) is 0 Å². The van der Waals surface area contributed by atoms with E-state index in [9.17, 15) is 19.2 Å². The molecule has 4 rings (SSSR count). The van der Waals surface area contributed by atoms with E-state index in [1.165, 1.54) is 12.1 Å². The van der Waals surface area contributed by atoms with Crippen LogP contribution in [-0.2, 0) is 16.0 Å². The second-order valence-corrected chi connectivity index (χ2v) is 12.1. The Kier molecular flexibility index (Phi) is 9.34. The average molecular weight is 605 g/mol. The lowest BCUT2D eigenvalue weighted by Crippen LogP contribution is -2.55.